The molecule has 3 heteroatoms. The summed E-state index contributed by atoms with van der Waals surface area (Å²) in [5, 5.41) is 3.64. The topological polar surface area (TPSA) is 28.2 Å². The Morgan fingerprint density at radius 2 is 2.33 bits per heavy atom. The van der Waals surface area contributed by atoms with Crippen molar-refractivity contribution in [2.24, 2.45) is 0 Å². The summed E-state index contributed by atoms with van der Waals surface area (Å²) in [6, 6.07) is 2.80. The van der Waals surface area contributed by atoms with Crippen LogP contribution in [-0.2, 0) is 0 Å². The molecule has 0 aromatic carbocycles. The number of rotatable bonds is 5. The van der Waals surface area contributed by atoms with Crippen LogP contribution in [0.1, 0.15) is 38.2 Å². The molecule has 2 rings (SSSR count). The van der Waals surface area contributed by atoms with Gasteiger partial charge in [-0.25, -0.2) is 0 Å². The summed E-state index contributed by atoms with van der Waals surface area (Å²) in [6.45, 7) is 7.83. The molecule has 100 valence electrons. The van der Waals surface area contributed by atoms with Crippen LogP contribution >= 0.6 is 0 Å². The van der Waals surface area contributed by atoms with Gasteiger partial charge in [-0.2, -0.15) is 0 Å². The molecule has 1 atom stereocenters. The van der Waals surface area contributed by atoms with Gasteiger partial charge in [0.05, 0.1) is 0 Å². The zero-order chi connectivity index (χ0) is 12.8. The average Bonchev–Trinajstić information content (AvgIpc) is 2.40. The highest BCUT2D eigenvalue weighted by atomic mass is 15.2. The third kappa shape index (κ3) is 3.45. The van der Waals surface area contributed by atoms with Crippen LogP contribution in [0.15, 0.2) is 18.5 Å². The molecule has 2 heterocycles. The minimum Gasteiger partial charge on any atom is -0.370 e. The van der Waals surface area contributed by atoms with Crippen LogP contribution in [0.2, 0.25) is 0 Å². The highest BCUT2D eigenvalue weighted by Gasteiger charge is 2.17. The van der Waals surface area contributed by atoms with Gasteiger partial charge in [0.2, 0.25) is 0 Å². The van der Waals surface area contributed by atoms with Gasteiger partial charge in [-0.15, -0.1) is 0 Å². The van der Waals surface area contributed by atoms with E-state index in [1.807, 2.05) is 12.4 Å². The Morgan fingerprint density at radius 3 is 3.00 bits per heavy atom. The standard InChI is InChI=1S/C15H25N3/c1-3-10-18(12-14-6-4-5-8-17-14)15-7-9-16-11-13(15)2/h7,9,11,14,17H,3-6,8,10,12H2,1-2H3. The van der Waals surface area contributed by atoms with E-state index in [9.17, 15) is 0 Å². The average molecular weight is 247 g/mol. The van der Waals surface area contributed by atoms with Crippen LogP contribution < -0.4 is 10.2 Å². The van der Waals surface area contributed by atoms with E-state index in [-0.39, 0.29) is 0 Å². The summed E-state index contributed by atoms with van der Waals surface area (Å²) in [7, 11) is 0. The van der Waals surface area contributed by atoms with Crippen molar-refractivity contribution in [3.8, 4) is 0 Å². The molecule has 0 aliphatic carbocycles. The predicted octanol–water partition coefficient (Wildman–Crippen LogP) is 2.75. The normalized spacial score (nSPS) is 19.8. The first-order chi connectivity index (χ1) is 8.81. The highest BCUT2D eigenvalue weighted by Crippen LogP contribution is 2.20. The second-order valence-corrected chi connectivity index (χ2v) is 5.26. The first-order valence-electron chi connectivity index (χ1n) is 7.20. The van der Waals surface area contributed by atoms with Gasteiger partial charge >= 0.3 is 0 Å². The Kier molecular flexibility index (Phi) is 5.00. The lowest BCUT2D eigenvalue weighted by molar-refractivity contribution is 0.399. The monoisotopic (exact) mass is 247 g/mol. The molecular formula is C15H25N3. The molecule has 18 heavy (non-hydrogen) atoms. The predicted molar refractivity (Wildman–Crippen MR) is 77.1 cm³/mol. The molecule has 1 aliphatic rings. The Morgan fingerprint density at radius 1 is 1.44 bits per heavy atom. The van der Waals surface area contributed by atoms with Gasteiger partial charge in [0.1, 0.15) is 0 Å². The molecule has 1 N–H and O–H groups in total. The van der Waals surface area contributed by atoms with E-state index >= 15 is 0 Å². The van der Waals surface area contributed by atoms with Gasteiger partial charge in [-0.3, -0.25) is 4.98 Å². The van der Waals surface area contributed by atoms with E-state index in [1.165, 1.54) is 43.5 Å². The Balaban J connectivity index is 2.05. The molecule has 3 nitrogen and oxygen atoms in total. The van der Waals surface area contributed by atoms with Crippen molar-refractivity contribution in [3.63, 3.8) is 0 Å². The number of pyridine rings is 1. The summed E-state index contributed by atoms with van der Waals surface area (Å²) in [6.07, 6.45) is 9.07. The van der Waals surface area contributed by atoms with E-state index in [4.69, 9.17) is 0 Å². The van der Waals surface area contributed by atoms with E-state index in [0.29, 0.717) is 6.04 Å². The molecule has 1 aromatic rings. The SMILES string of the molecule is CCCN(CC1CCCCN1)c1ccncc1C. The zero-order valence-corrected chi connectivity index (χ0v) is 11.7. The minimum atomic E-state index is 0.651. The van der Waals surface area contributed by atoms with Crippen LogP contribution in [0.3, 0.4) is 0 Å². The third-order valence-corrected chi connectivity index (χ3v) is 3.68. The summed E-state index contributed by atoms with van der Waals surface area (Å²) in [5.41, 5.74) is 2.63. The van der Waals surface area contributed by atoms with E-state index < -0.39 is 0 Å². The summed E-state index contributed by atoms with van der Waals surface area (Å²) in [4.78, 5) is 6.71. The second kappa shape index (κ2) is 6.74. The van der Waals surface area contributed by atoms with Crippen molar-refractivity contribution in [1.29, 1.82) is 0 Å². The van der Waals surface area contributed by atoms with Gasteiger partial charge in [0.15, 0.2) is 0 Å². The maximum Gasteiger partial charge on any atom is 0.0427 e. The van der Waals surface area contributed by atoms with Gasteiger partial charge in [-0.1, -0.05) is 13.3 Å². The Bertz CT molecular complexity index is 359. The molecule has 1 aliphatic heterocycles. The molecule has 0 spiro atoms. The number of aromatic nitrogens is 1. The van der Waals surface area contributed by atoms with Gasteiger partial charge in [0.25, 0.3) is 0 Å². The maximum atomic E-state index is 4.19. The Labute approximate surface area is 111 Å². The number of nitrogens with zero attached hydrogens (tertiary/aromatic N) is 2. The maximum absolute atomic E-state index is 4.19. The van der Waals surface area contributed by atoms with E-state index in [2.05, 4.69) is 35.1 Å². The summed E-state index contributed by atoms with van der Waals surface area (Å²) in [5.74, 6) is 0. The first kappa shape index (κ1) is 13.3. The molecule has 1 unspecified atom stereocenters. The lowest BCUT2D eigenvalue weighted by Gasteiger charge is -2.32. The van der Waals surface area contributed by atoms with Gasteiger partial charge in [-0.05, 0) is 44.4 Å². The van der Waals surface area contributed by atoms with Crippen molar-refractivity contribution >= 4 is 5.69 Å². The smallest absolute Gasteiger partial charge is 0.0427 e. The van der Waals surface area contributed by atoms with Crippen molar-refractivity contribution in [2.75, 3.05) is 24.5 Å². The fourth-order valence-electron chi connectivity index (χ4n) is 2.75. The van der Waals surface area contributed by atoms with Crippen LogP contribution in [-0.4, -0.2) is 30.7 Å². The summed E-state index contributed by atoms with van der Waals surface area (Å²) >= 11 is 0. The fourth-order valence-corrected chi connectivity index (χ4v) is 2.75. The molecular weight excluding hydrogens is 222 g/mol. The third-order valence-electron chi connectivity index (χ3n) is 3.68. The zero-order valence-electron chi connectivity index (χ0n) is 11.7. The van der Waals surface area contributed by atoms with Crippen molar-refractivity contribution in [1.82, 2.24) is 10.3 Å². The Hall–Kier alpha value is -1.09. The van der Waals surface area contributed by atoms with E-state index in [0.717, 1.165) is 13.1 Å². The van der Waals surface area contributed by atoms with Gasteiger partial charge in [0, 0.05) is 37.2 Å². The number of nitrogens with one attached hydrogen (secondary N) is 1. The molecule has 0 saturated carbocycles. The molecule has 0 bridgehead atoms. The first-order valence-corrected chi connectivity index (χ1v) is 7.20. The largest absolute Gasteiger partial charge is 0.370 e. The minimum absolute atomic E-state index is 0.651. The molecule has 1 fully saturated rings. The lowest BCUT2D eigenvalue weighted by Crippen LogP contribution is -2.44. The molecule has 1 saturated heterocycles. The number of anilines is 1. The molecule has 1 aromatic heterocycles. The second-order valence-electron chi connectivity index (χ2n) is 5.26. The lowest BCUT2D eigenvalue weighted by atomic mass is 10.0. The number of aryl methyl sites for hydroxylation is 1. The molecule has 0 amide bonds. The van der Waals surface area contributed by atoms with Crippen molar-refractivity contribution in [3.05, 3.63) is 24.0 Å². The van der Waals surface area contributed by atoms with Crippen LogP contribution in [0.5, 0.6) is 0 Å². The number of hydrogen-bond donors (Lipinski definition) is 1. The van der Waals surface area contributed by atoms with Crippen LogP contribution in [0, 0.1) is 6.92 Å². The van der Waals surface area contributed by atoms with E-state index in [1.54, 1.807) is 0 Å². The van der Waals surface area contributed by atoms with Crippen molar-refractivity contribution < 1.29 is 0 Å². The fraction of sp³-hybridized carbons (Fsp3) is 0.667. The van der Waals surface area contributed by atoms with Crippen LogP contribution in [0.25, 0.3) is 0 Å². The summed E-state index contributed by atoms with van der Waals surface area (Å²) < 4.78 is 0. The van der Waals surface area contributed by atoms with Crippen molar-refractivity contribution in [2.45, 2.75) is 45.6 Å². The quantitative estimate of drug-likeness (QED) is 0.867. The highest BCUT2D eigenvalue weighted by molar-refractivity contribution is 5.51. The molecule has 0 radical (unpaired) electrons. The van der Waals surface area contributed by atoms with Crippen LogP contribution in [0.4, 0.5) is 5.69 Å². The number of piperidine rings is 1. The van der Waals surface area contributed by atoms with Gasteiger partial charge < -0.3 is 10.2 Å². The number of hydrogen-bond acceptors (Lipinski definition) is 3.